The van der Waals surface area contributed by atoms with Crippen LogP contribution in [0.25, 0.3) is 10.2 Å². The third-order valence-corrected chi connectivity index (χ3v) is 6.88. The Morgan fingerprint density at radius 3 is 2.52 bits per heavy atom. The Morgan fingerprint density at radius 1 is 1.03 bits per heavy atom. The number of hydrogen-bond donors (Lipinski definition) is 1. The molecule has 0 unspecified atom stereocenters. The second-order valence-corrected chi connectivity index (χ2v) is 8.91. The molecule has 0 amide bonds. The third-order valence-electron chi connectivity index (χ3n) is 5.16. The van der Waals surface area contributed by atoms with Crippen LogP contribution in [-0.4, -0.2) is 56.3 Å². The van der Waals surface area contributed by atoms with Gasteiger partial charge in [-0.3, -0.25) is 4.90 Å². The molecule has 3 aromatic rings. The lowest BCUT2D eigenvalue weighted by Gasteiger charge is -2.36. The standard InChI is InChI=1S/C21H24Cl2N4OS.2ClH/c1-28-16-4-6-19-20(14-16)29-21(25-19)24-7-2-8-26-9-11-27(12-10-26)15-3-5-17(22)18(23)13-15;;/h3-6,13-14H,2,7-12H2,1H3,(H,24,25);2*1H. The molecule has 1 aliphatic heterocycles. The summed E-state index contributed by atoms with van der Waals surface area (Å²) in [4.78, 5) is 9.52. The number of anilines is 2. The highest BCUT2D eigenvalue weighted by Gasteiger charge is 2.17. The van der Waals surface area contributed by atoms with E-state index in [1.807, 2.05) is 36.4 Å². The fraction of sp³-hybridized carbons (Fsp3) is 0.381. The van der Waals surface area contributed by atoms with Gasteiger partial charge in [0.25, 0.3) is 0 Å². The van der Waals surface area contributed by atoms with Gasteiger partial charge in [0.15, 0.2) is 5.13 Å². The Morgan fingerprint density at radius 2 is 1.81 bits per heavy atom. The molecular weight excluding hydrogens is 498 g/mol. The van der Waals surface area contributed by atoms with Crippen molar-refractivity contribution in [3.63, 3.8) is 0 Å². The fourth-order valence-electron chi connectivity index (χ4n) is 3.52. The van der Waals surface area contributed by atoms with Crippen molar-refractivity contribution in [1.82, 2.24) is 9.88 Å². The van der Waals surface area contributed by atoms with Crippen LogP contribution < -0.4 is 15.0 Å². The average molecular weight is 524 g/mol. The van der Waals surface area contributed by atoms with Gasteiger partial charge in [-0.1, -0.05) is 34.5 Å². The minimum Gasteiger partial charge on any atom is -0.497 e. The number of nitrogens with one attached hydrogen (secondary N) is 1. The normalized spacial score (nSPS) is 14.1. The highest BCUT2D eigenvalue weighted by Crippen LogP contribution is 2.29. The van der Waals surface area contributed by atoms with E-state index >= 15 is 0 Å². The van der Waals surface area contributed by atoms with Gasteiger partial charge in [-0.15, -0.1) is 24.8 Å². The van der Waals surface area contributed by atoms with E-state index in [2.05, 4.69) is 20.1 Å². The van der Waals surface area contributed by atoms with Crippen molar-refractivity contribution in [3.05, 3.63) is 46.4 Å². The highest BCUT2D eigenvalue weighted by atomic mass is 35.5. The number of ether oxygens (including phenoxy) is 1. The van der Waals surface area contributed by atoms with Crippen LogP contribution in [0.2, 0.25) is 10.0 Å². The zero-order valence-corrected chi connectivity index (χ0v) is 21.1. The van der Waals surface area contributed by atoms with Crippen LogP contribution in [0.3, 0.4) is 0 Å². The molecule has 1 fully saturated rings. The molecule has 1 aromatic heterocycles. The Hall–Kier alpha value is -1.15. The molecular formula is C21H26Cl4N4OS. The molecule has 10 heteroatoms. The van der Waals surface area contributed by atoms with E-state index in [1.165, 1.54) is 0 Å². The minimum atomic E-state index is 0. The van der Waals surface area contributed by atoms with E-state index < -0.39 is 0 Å². The summed E-state index contributed by atoms with van der Waals surface area (Å²) >= 11 is 13.8. The lowest BCUT2D eigenvalue weighted by atomic mass is 10.2. The second-order valence-electron chi connectivity index (χ2n) is 7.06. The summed E-state index contributed by atoms with van der Waals surface area (Å²) in [7, 11) is 1.69. The first kappa shape index (κ1) is 26.1. The summed E-state index contributed by atoms with van der Waals surface area (Å²) in [6.07, 6.45) is 1.09. The summed E-state index contributed by atoms with van der Waals surface area (Å²) in [6, 6.07) is 11.9. The molecule has 0 aliphatic carbocycles. The summed E-state index contributed by atoms with van der Waals surface area (Å²) in [5.74, 6) is 0.868. The van der Waals surface area contributed by atoms with E-state index in [0.29, 0.717) is 10.0 Å². The number of halogens is 4. The van der Waals surface area contributed by atoms with Crippen molar-refractivity contribution in [2.75, 3.05) is 56.6 Å². The van der Waals surface area contributed by atoms with Crippen molar-refractivity contribution in [1.29, 1.82) is 0 Å². The number of thiazole rings is 1. The Bertz CT molecular complexity index is 979. The molecule has 2 aromatic carbocycles. The number of hydrogen-bond acceptors (Lipinski definition) is 6. The SMILES string of the molecule is COc1ccc2nc(NCCCN3CCN(c4ccc(Cl)c(Cl)c4)CC3)sc2c1.Cl.Cl. The van der Waals surface area contributed by atoms with Gasteiger partial charge in [0.05, 0.1) is 27.4 Å². The maximum atomic E-state index is 6.15. The van der Waals surface area contributed by atoms with Gasteiger partial charge in [-0.05, 0) is 49.4 Å². The molecule has 0 spiro atoms. The predicted molar refractivity (Wildman–Crippen MR) is 139 cm³/mol. The molecule has 170 valence electrons. The summed E-state index contributed by atoms with van der Waals surface area (Å²) in [6.45, 7) is 6.13. The molecule has 0 bridgehead atoms. The highest BCUT2D eigenvalue weighted by molar-refractivity contribution is 7.22. The van der Waals surface area contributed by atoms with Gasteiger partial charge in [0, 0.05) is 38.4 Å². The Labute approximate surface area is 209 Å². The molecule has 2 heterocycles. The van der Waals surface area contributed by atoms with Crippen LogP contribution in [0.15, 0.2) is 36.4 Å². The molecule has 0 atom stereocenters. The van der Waals surface area contributed by atoms with Crippen LogP contribution in [0.4, 0.5) is 10.8 Å². The van der Waals surface area contributed by atoms with Crippen molar-refractivity contribution < 1.29 is 4.74 Å². The maximum absolute atomic E-state index is 6.15. The smallest absolute Gasteiger partial charge is 0.183 e. The molecule has 1 N–H and O–H groups in total. The second kappa shape index (κ2) is 12.2. The zero-order valence-electron chi connectivity index (χ0n) is 17.1. The zero-order chi connectivity index (χ0) is 20.2. The largest absolute Gasteiger partial charge is 0.497 e. The summed E-state index contributed by atoms with van der Waals surface area (Å²) < 4.78 is 6.42. The third kappa shape index (κ3) is 6.67. The minimum absolute atomic E-state index is 0. The van der Waals surface area contributed by atoms with Gasteiger partial charge in [-0.2, -0.15) is 0 Å². The number of fused-ring (bicyclic) bond motifs is 1. The summed E-state index contributed by atoms with van der Waals surface area (Å²) in [5, 5.41) is 5.65. The predicted octanol–water partition coefficient (Wildman–Crippen LogP) is 6.08. The maximum Gasteiger partial charge on any atom is 0.183 e. The molecule has 5 nitrogen and oxygen atoms in total. The molecule has 1 saturated heterocycles. The van der Waals surface area contributed by atoms with Crippen molar-refractivity contribution in [2.24, 2.45) is 0 Å². The van der Waals surface area contributed by atoms with Crippen LogP contribution in [-0.2, 0) is 0 Å². The first-order chi connectivity index (χ1) is 14.1. The molecule has 0 saturated carbocycles. The Kier molecular flexibility index (Phi) is 10.3. The lowest BCUT2D eigenvalue weighted by molar-refractivity contribution is 0.257. The van der Waals surface area contributed by atoms with Crippen LogP contribution >= 0.6 is 59.4 Å². The van der Waals surface area contributed by atoms with Crippen molar-refractivity contribution >= 4 is 80.4 Å². The average Bonchev–Trinajstić information content (AvgIpc) is 3.15. The van der Waals surface area contributed by atoms with Crippen molar-refractivity contribution in [2.45, 2.75) is 6.42 Å². The van der Waals surface area contributed by atoms with Gasteiger partial charge in [0.1, 0.15) is 5.75 Å². The molecule has 31 heavy (non-hydrogen) atoms. The van der Waals surface area contributed by atoms with Gasteiger partial charge < -0.3 is 15.0 Å². The van der Waals surface area contributed by atoms with Crippen LogP contribution in [0, 0.1) is 0 Å². The number of piperazine rings is 1. The lowest BCUT2D eigenvalue weighted by Crippen LogP contribution is -2.46. The monoisotopic (exact) mass is 522 g/mol. The number of nitrogens with zero attached hydrogens (tertiary/aromatic N) is 3. The van der Waals surface area contributed by atoms with Gasteiger partial charge in [-0.25, -0.2) is 4.98 Å². The van der Waals surface area contributed by atoms with E-state index in [-0.39, 0.29) is 24.8 Å². The number of aromatic nitrogens is 1. The molecule has 1 aliphatic rings. The first-order valence-corrected chi connectivity index (χ1v) is 11.3. The molecule has 4 rings (SSSR count). The summed E-state index contributed by atoms with van der Waals surface area (Å²) in [5.41, 5.74) is 2.16. The number of benzene rings is 2. The van der Waals surface area contributed by atoms with Crippen molar-refractivity contribution in [3.8, 4) is 5.75 Å². The van der Waals surface area contributed by atoms with Gasteiger partial charge >= 0.3 is 0 Å². The quantitative estimate of drug-likeness (QED) is 0.380. The fourth-order valence-corrected chi connectivity index (χ4v) is 4.73. The van der Waals surface area contributed by atoms with E-state index in [0.717, 1.165) is 72.5 Å². The van der Waals surface area contributed by atoms with Crippen LogP contribution in [0.5, 0.6) is 5.75 Å². The molecule has 0 radical (unpaired) electrons. The topological polar surface area (TPSA) is 40.6 Å². The number of methoxy groups -OCH3 is 1. The van der Waals surface area contributed by atoms with E-state index in [9.17, 15) is 0 Å². The van der Waals surface area contributed by atoms with E-state index in [1.54, 1.807) is 18.4 Å². The number of rotatable bonds is 7. The van der Waals surface area contributed by atoms with E-state index in [4.69, 9.17) is 27.9 Å². The Balaban J connectivity index is 0.00000171. The van der Waals surface area contributed by atoms with Crippen LogP contribution in [0.1, 0.15) is 6.42 Å². The van der Waals surface area contributed by atoms with Gasteiger partial charge in [0.2, 0.25) is 0 Å². The first-order valence-electron chi connectivity index (χ1n) is 9.73.